The molecule has 3 aromatic carbocycles. The van der Waals surface area contributed by atoms with Gasteiger partial charge >= 0.3 is 0 Å². The molecule has 1 aliphatic carbocycles. The van der Waals surface area contributed by atoms with Crippen molar-refractivity contribution in [2.45, 2.75) is 18.4 Å². The molecule has 0 bridgehead atoms. The van der Waals surface area contributed by atoms with Crippen LogP contribution in [-0.4, -0.2) is 12.2 Å². The maximum atomic E-state index is 10.8. The lowest BCUT2D eigenvalue weighted by atomic mass is 9.76. The van der Waals surface area contributed by atoms with Crippen LogP contribution in [0, 0.1) is 5.92 Å². The van der Waals surface area contributed by atoms with Crippen LogP contribution in [0.25, 0.3) is 10.8 Å². The van der Waals surface area contributed by atoms with Gasteiger partial charge in [0.2, 0.25) is 0 Å². The topological polar surface area (TPSA) is 41.5 Å². The summed E-state index contributed by atoms with van der Waals surface area (Å²) in [5, 5.41) is 16.7. The number of fused-ring (bicyclic) bond motifs is 4. The molecule has 3 unspecified atom stereocenters. The number of ether oxygens (including phenoxy) is 1. The van der Waals surface area contributed by atoms with E-state index in [1.165, 1.54) is 5.56 Å². The lowest BCUT2D eigenvalue weighted by molar-refractivity contribution is 0.389. The number of benzene rings is 3. The summed E-state index contributed by atoms with van der Waals surface area (Å²) in [4.78, 5) is 0. The Hall–Kier alpha value is -2.94. The Morgan fingerprint density at radius 1 is 1.04 bits per heavy atom. The minimum absolute atomic E-state index is 0.0323. The summed E-state index contributed by atoms with van der Waals surface area (Å²) < 4.78 is 5.61. The first-order valence-electron chi connectivity index (χ1n) is 9.08. The first kappa shape index (κ1) is 15.3. The molecule has 0 saturated heterocycles. The van der Waals surface area contributed by atoms with Crippen LogP contribution in [0.1, 0.15) is 29.5 Å². The number of phenols is 1. The number of aromatic hydroxyl groups is 1. The first-order chi connectivity index (χ1) is 12.8. The van der Waals surface area contributed by atoms with Crippen LogP contribution in [-0.2, 0) is 0 Å². The number of allylic oxidation sites excluding steroid dienone is 2. The Bertz CT molecular complexity index is 1020. The molecule has 5 rings (SSSR count). The molecule has 0 fully saturated rings. The van der Waals surface area contributed by atoms with Gasteiger partial charge in [0, 0.05) is 11.5 Å². The van der Waals surface area contributed by atoms with Crippen LogP contribution >= 0.6 is 0 Å². The van der Waals surface area contributed by atoms with Crippen LogP contribution in [0.15, 0.2) is 66.7 Å². The Labute approximate surface area is 152 Å². The number of phenolic OH excluding ortho intramolecular Hbond substituents is 1. The number of para-hydroxylation sites is 1. The summed E-state index contributed by atoms with van der Waals surface area (Å²) in [7, 11) is 1.71. The van der Waals surface area contributed by atoms with Gasteiger partial charge in [-0.1, -0.05) is 54.6 Å². The summed E-state index contributed by atoms with van der Waals surface area (Å²) in [6.45, 7) is 0. The van der Waals surface area contributed by atoms with E-state index in [2.05, 4.69) is 41.7 Å². The molecule has 0 amide bonds. The standard InChI is InChI=1S/C23H21NO2/c1-26-20-11-5-10-17-16-8-4-9-18(16)23(24-22(17)20)21-15-7-3-2-6-14(15)12-13-19(21)25/h2-8,10-13,16,18,23-25H,9H2,1H3. The molecular formula is C23H21NO2. The van der Waals surface area contributed by atoms with Crippen LogP contribution in [0.5, 0.6) is 11.5 Å². The number of methoxy groups -OCH3 is 1. The molecule has 3 atom stereocenters. The average molecular weight is 343 g/mol. The zero-order chi connectivity index (χ0) is 17.7. The maximum Gasteiger partial charge on any atom is 0.142 e. The zero-order valence-electron chi connectivity index (χ0n) is 14.6. The van der Waals surface area contributed by atoms with Gasteiger partial charge in [-0.2, -0.15) is 0 Å². The van der Waals surface area contributed by atoms with Gasteiger partial charge in [-0.3, -0.25) is 0 Å². The molecule has 0 radical (unpaired) electrons. The van der Waals surface area contributed by atoms with Gasteiger partial charge in [-0.25, -0.2) is 0 Å². The second-order valence-electron chi connectivity index (χ2n) is 7.12. The SMILES string of the molecule is COc1cccc2c1NC(c1c(O)ccc3ccccc13)C1CC=CC21. The van der Waals surface area contributed by atoms with E-state index in [1.54, 1.807) is 7.11 Å². The second-order valence-corrected chi connectivity index (χ2v) is 7.12. The van der Waals surface area contributed by atoms with E-state index in [4.69, 9.17) is 4.74 Å². The molecule has 1 heterocycles. The molecule has 2 aliphatic rings. The predicted octanol–water partition coefficient (Wildman–Crippen LogP) is 5.38. The second kappa shape index (κ2) is 5.80. The van der Waals surface area contributed by atoms with Gasteiger partial charge in [-0.15, -0.1) is 0 Å². The average Bonchev–Trinajstić information content (AvgIpc) is 3.17. The van der Waals surface area contributed by atoms with E-state index < -0.39 is 0 Å². The first-order valence-corrected chi connectivity index (χ1v) is 9.08. The highest BCUT2D eigenvalue weighted by molar-refractivity contribution is 5.89. The highest BCUT2D eigenvalue weighted by atomic mass is 16.5. The van der Waals surface area contributed by atoms with Gasteiger partial charge in [0.05, 0.1) is 18.8 Å². The molecule has 130 valence electrons. The fourth-order valence-corrected chi connectivity index (χ4v) is 4.66. The summed E-state index contributed by atoms with van der Waals surface area (Å²) in [5.74, 6) is 1.92. The molecule has 26 heavy (non-hydrogen) atoms. The zero-order valence-corrected chi connectivity index (χ0v) is 14.6. The summed E-state index contributed by atoms with van der Waals surface area (Å²) in [6, 6.07) is 18.3. The van der Waals surface area contributed by atoms with Crippen molar-refractivity contribution < 1.29 is 9.84 Å². The number of anilines is 1. The highest BCUT2D eigenvalue weighted by Crippen LogP contribution is 2.54. The molecule has 2 N–H and O–H groups in total. The van der Waals surface area contributed by atoms with E-state index in [0.29, 0.717) is 17.6 Å². The molecule has 3 nitrogen and oxygen atoms in total. The maximum absolute atomic E-state index is 10.8. The normalized spacial score (nSPS) is 23.3. The van der Waals surface area contributed by atoms with Crippen molar-refractivity contribution in [1.29, 1.82) is 0 Å². The predicted molar refractivity (Wildman–Crippen MR) is 105 cm³/mol. The van der Waals surface area contributed by atoms with Crippen molar-refractivity contribution in [2.75, 3.05) is 12.4 Å². The minimum atomic E-state index is 0.0323. The van der Waals surface area contributed by atoms with Crippen molar-refractivity contribution in [2.24, 2.45) is 5.92 Å². The number of hydrogen-bond acceptors (Lipinski definition) is 3. The lowest BCUT2D eigenvalue weighted by Gasteiger charge is -2.38. The van der Waals surface area contributed by atoms with Crippen LogP contribution in [0.4, 0.5) is 5.69 Å². The smallest absolute Gasteiger partial charge is 0.142 e. The van der Waals surface area contributed by atoms with Gasteiger partial charge < -0.3 is 15.2 Å². The van der Waals surface area contributed by atoms with Crippen LogP contribution in [0.2, 0.25) is 0 Å². The van der Waals surface area contributed by atoms with Crippen LogP contribution in [0.3, 0.4) is 0 Å². The van der Waals surface area contributed by atoms with Crippen molar-refractivity contribution in [3.05, 3.63) is 77.9 Å². The van der Waals surface area contributed by atoms with Crippen molar-refractivity contribution in [3.63, 3.8) is 0 Å². The largest absolute Gasteiger partial charge is 0.508 e. The van der Waals surface area contributed by atoms with E-state index >= 15 is 0 Å². The molecule has 3 heteroatoms. The summed E-state index contributed by atoms with van der Waals surface area (Å²) >= 11 is 0. The highest BCUT2D eigenvalue weighted by Gasteiger charge is 2.40. The van der Waals surface area contributed by atoms with E-state index in [9.17, 15) is 5.11 Å². The van der Waals surface area contributed by atoms with Crippen molar-refractivity contribution >= 4 is 16.5 Å². The van der Waals surface area contributed by atoms with E-state index in [1.807, 2.05) is 30.3 Å². The summed E-state index contributed by atoms with van der Waals surface area (Å²) in [6.07, 6.45) is 5.57. The van der Waals surface area contributed by atoms with Gasteiger partial charge in [0.25, 0.3) is 0 Å². The number of nitrogens with one attached hydrogen (secondary N) is 1. The lowest BCUT2D eigenvalue weighted by Crippen LogP contribution is -2.29. The fraction of sp³-hybridized carbons (Fsp3) is 0.217. The molecule has 1 aliphatic heterocycles. The molecule has 3 aromatic rings. The van der Waals surface area contributed by atoms with Gasteiger partial charge in [-0.05, 0) is 40.8 Å². The monoisotopic (exact) mass is 343 g/mol. The molecule has 0 spiro atoms. The van der Waals surface area contributed by atoms with Crippen LogP contribution < -0.4 is 10.1 Å². The Kier molecular flexibility index (Phi) is 3.42. The molecule has 0 aromatic heterocycles. The Morgan fingerprint density at radius 3 is 2.81 bits per heavy atom. The van der Waals surface area contributed by atoms with E-state index in [-0.39, 0.29) is 6.04 Å². The number of hydrogen-bond donors (Lipinski definition) is 2. The molecular weight excluding hydrogens is 322 g/mol. The molecule has 0 saturated carbocycles. The quantitative estimate of drug-likeness (QED) is 0.614. The Balaban J connectivity index is 1.73. The van der Waals surface area contributed by atoms with E-state index in [0.717, 1.165) is 34.2 Å². The third kappa shape index (κ3) is 2.13. The fourth-order valence-electron chi connectivity index (χ4n) is 4.66. The van der Waals surface area contributed by atoms with Crippen molar-refractivity contribution in [3.8, 4) is 11.5 Å². The van der Waals surface area contributed by atoms with Gasteiger partial charge in [0.1, 0.15) is 11.5 Å². The Morgan fingerprint density at radius 2 is 1.92 bits per heavy atom. The number of rotatable bonds is 2. The minimum Gasteiger partial charge on any atom is -0.508 e. The third-order valence-corrected chi connectivity index (χ3v) is 5.84. The third-order valence-electron chi connectivity index (χ3n) is 5.84. The summed E-state index contributed by atoms with van der Waals surface area (Å²) in [5.41, 5.74) is 3.30. The van der Waals surface area contributed by atoms with Crippen molar-refractivity contribution in [1.82, 2.24) is 0 Å². The van der Waals surface area contributed by atoms with Gasteiger partial charge in [0.15, 0.2) is 0 Å².